The van der Waals surface area contributed by atoms with E-state index in [1.165, 1.54) is 11.2 Å². The molecule has 0 spiro atoms. The number of benzene rings is 5. The van der Waals surface area contributed by atoms with E-state index in [1.54, 1.807) is 49.3 Å². The number of esters is 1. The van der Waals surface area contributed by atoms with E-state index in [-0.39, 0.29) is 39.2 Å². The van der Waals surface area contributed by atoms with Crippen LogP contribution in [-0.2, 0) is 51.8 Å². The number of urea groups is 1. The van der Waals surface area contributed by atoms with Crippen molar-refractivity contribution in [2.24, 2.45) is 0 Å². The molecule has 1 unspecified atom stereocenters. The van der Waals surface area contributed by atoms with Gasteiger partial charge in [0.05, 0.1) is 57.1 Å². The number of ether oxygens (including phenoxy) is 2. The number of methoxy groups -OCH3 is 1. The van der Waals surface area contributed by atoms with Crippen molar-refractivity contribution in [3.05, 3.63) is 211 Å². The van der Waals surface area contributed by atoms with Crippen molar-refractivity contribution in [2.45, 2.75) is 52.1 Å². The first-order chi connectivity index (χ1) is 39.1. The second-order valence-electron chi connectivity index (χ2n) is 18.3. The molecule has 5 aromatic carbocycles. The van der Waals surface area contributed by atoms with Gasteiger partial charge in [0.15, 0.2) is 0 Å². The summed E-state index contributed by atoms with van der Waals surface area (Å²) in [6.45, 7) is 22.3. The summed E-state index contributed by atoms with van der Waals surface area (Å²) < 4.78 is 11.8. The van der Waals surface area contributed by atoms with E-state index in [4.69, 9.17) is 26.7 Å². The molecule has 1 atom stereocenters. The van der Waals surface area contributed by atoms with Crippen LogP contribution in [0.1, 0.15) is 41.2 Å². The molecular formula is C59H76N16O6. The molecule has 1 aliphatic heterocycles. The number of carbonyl (C=O) groups is 4. The summed E-state index contributed by atoms with van der Waals surface area (Å²) in [4.78, 5) is 53.4. The van der Waals surface area contributed by atoms with Gasteiger partial charge in [-0.15, -0.1) is 0 Å². The average Bonchev–Trinajstić information content (AvgIpc) is 4.03. The zero-order chi connectivity index (χ0) is 58.4. The summed E-state index contributed by atoms with van der Waals surface area (Å²) in [6.07, 6.45) is 2.97. The zero-order valence-electron chi connectivity index (χ0n) is 46.1. The number of nitrogens with two attached hydrogens (primary N) is 3. The van der Waals surface area contributed by atoms with Crippen LogP contribution in [0.5, 0.6) is 5.75 Å². The zero-order valence-corrected chi connectivity index (χ0v) is 46.1. The molecule has 15 N–H and O–H groups in total. The minimum atomic E-state index is -0.945. The predicted octanol–water partition coefficient (Wildman–Crippen LogP) is 4.38. The van der Waals surface area contributed by atoms with Crippen LogP contribution >= 0.6 is 0 Å². The fourth-order valence-electron chi connectivity index (χ4n) is 7.48. The van der Waals surface area contributed by atoms with Crippen LogP contribution in [0.4, 0.5) is 21.9 Å². The topological polar surface area (TPSA) is 307 Å². The van der Waals surface area contributed by atoms with Crippen molar-refractivity contribution < 1.29 is 28.7 Å². The second kappa shape index (κ2) is 33.2. The second-order valence-corrected chi connectivity index (χ2v) is 18.3. The molecule has 1 saturated heterocycles. The van der Waals surface area contributed by atoms with Gasteiger partial charge in [0.1, 0.15) is 24.4 Å². The molecule has 2 heterocycles. The third-order valence-corrected chi connectivity index (χ3v) is 12.0. The summed E-state index contributed by atoms with van der Waals surface area (Å²) in [5.41, 5.74) is 27.3. The van der Waals surface area contributed by atoms with Gasteiger partial charge in [-0.3, -0.25) is 14.4 Å². The highest BCUT2D eigenvalue weighted by Gasteiger charge is 2.35. The first kappa shape index (κ1) is 61.7. The van der Waals surface area contributed by atoms with E-state index in [2.05, 4.69) is 96.4 Å². The highest BCUT2D eigenvalue weighted by atomic mass is 16.5. The van der Waals surface area contributed by atoms with Crippen LogP contribution in [0, 0.1) is 0 Å². The number of nitrogens with zero attached hydrogens (tertiary/aromatic N) is 4. The maximum atomic E-state index is 12.4. The van der Waals surface area contributed by atoms with E-state index in [0.717, 1.165) is 73.7 Å². The Bertz CT molecular complexity index is 2990. The first-order valence-electron chi connectivity index (χ1n) is 26.1. The molecule has 22 heteroatoms. The maximum Gasteiger partial charge on any atom is 0.315 e. The van der Waals surface area contributed by atoms with E-state index in [1.807, 2.05) is 84.9 Å². The molecule has 81 heavy (non-hydrogen) atoms. The number of carbonyl (C=O) groups excluding carboxylic acids is 4. The fraction of sp³-hybridized carbons (Fsp3) is 0.254. The summed E-state index contributed by atoms with van der Waals surface area (Å²) in [7, 11) is 1.67. The molecule has 1 aromatic heterocycles. The summed E-state index contributed by atoms with van der Waals surface area (Å²) >= 11 is 0. The highest BCUT2D eigenvalue weighted by molar-refractivity contribution is 5.93. The predicted molar refractivity (Wildman–Crippen MR) is 317 cm³/mol. The number of hydrogen-bond donors (Lipinski definition) is 12. The smallest absolute Gasteiger partial charge is 0.315 e. The van der Waals surface area contributed by atoms with Gasteiger partial charge < -0.3 is 79.4 Å². The van der Waals surface area contributed by atoms with Gasteiger partial charge in [0.2, 0.25) is 11.8 Å². The van der Waals surface area contributed by atoms with Crippen LogP contribution in [0.2, 0.25) is 0 Å². The summed E-state index contributed by atoms with van der Waals surface area (Å²) in [6, 6.07) is 37.1. The molecule has 22 nitrogen and oxygen atoms in total. The Morgan fingerprint density at radius 2 is 1.14 bits per heavy atom. The van der Waals surface area contributed by atoms with E-state index >= 15 is 0 Å². The van der Waals surface area contributed by atoms with Crippen LogP contribution in [-0.4, -0.2) is 96.0 Å². The number of amides is 4. The van der Waals surface area contributed by atoms with Crippen LogP contribution in [0.3, 0.4) is 0 Å². The first-order valence-corrected chi connectivity index (χ1v) is 26.1. The third-order valence-electron chi connectivity index (χ3n) is 12.0. The number of anilines is 3. The Balaban J connectivity index is 0.000000223. The largest absolute Gasteiger partial charge is 0.497 e. The SMILES string of the molecule is C=C(CNC(=C)NCc1ccc(N)cc1)NCc1cccc(-n2cncn2)c1.C=C(CNC(=C)NCc1ccc(N)cc1)NCc1cccc(OC)c1.CCOC(=O)CC1C(=O)NCCN1C(=O)CNC(=O)NCc1ccc(N)cc1. The minimum absolute atomic E-state index is 0.191. The maximum absolute atomic E-state index is 12.4. The number of rotatable bonds is 27. The summed E-state index contributed by atoms with van der Waals surface area (Å²) in [5.74, 6) is 0.918. The van der Waals surface area contributed by atoms with Gasteiger partial charge in [0, 0.05) is 74.3 Å². The lowest BCUT2D eigenvalue weighted by atomic mass is 10.1. The van der Waals surface area contributed by atoms with Gasteiger partial charge in [-0.05, 0) is 95.4 Å². The van der Waals surface area contributed by atoms with E-state index in [9.17, 15) is 19.2 Å². The van der Waals surface area contributed by atoms with E-state index < -0.39 is 29.9 Å². The molecule has 428 valence electrons. The monoisotopic (exact) mass is 1100 g/mol. The van der Waals surface area contributed by atoms with Gasteiger partial charge in [-0.25, -0.2) is 14.5 Å². The van der Waals surface area contributed by atoms with Gasteiger partial charge in [-0.1, -0.05) is 87.0 Å². The molecule has 6 aromatic rings. The average molecular weight is 1110 g/mol. The van der Waals surface area contributed by atoms with Crippen LogP contribution in [0.25, 0.3) is 5.69 Å². The van der Waals surface area contributed by atoms with Crippen molar-refractivity contribution in [3.63, 3.8) is 0 Å². The van der Waals surface area contributed by atoms with Gasteiger partial charge >= 0.3 is 12.0 Å². The Kier molecular flexibility index (Phi) is 25.3. The molecule has 7 rings (SSSR count). The van der Waals surface area contributed by atoms with Crippen molar-refractivity contribution in [1.29, 1.82) is 0 Å². The van der Waals surface area contributed by atoms with Crippen molar-refractivity contribution in [1.82, 2.24) is 67.5 Å². The van der Waals surface area contributed by atoms with Crippen molar-refractivity contribution in [2.75, 3.05) is 63.6 Å². The van der Waals surface area contributed by atoms with Gasteiger partial charge in [0.25, 0.3) is 0 Å². The van der Waals surface area contributed by atoms with Crippen LogP contribution in [0.15, 0.2) is 183 Å². The Labute approximate surface area is 473 Å². The lowest BCUT2D eigenvalue weighted by molar-refractivity contribution is -0.151. The number of hydrogen-bond acceptors (Lipinski definition) is 17. The lowest BCUT2D eigenvalue weighted by Gasteiger charge is -2.34. The van der Waals surface area contributed by atoms with E-state index in [0.29, 0.717) is 45.0 Å². The molecule has 0 saturated carbocycles. The highest BCUT2D eigenvalue weighted by Crippen LogP contribution is 2.14. The van der Waals surface area contributed by atoms with Gasteiger partial charge in [-0.2, -0.15) is 5.10 Å². The lowest BCUT2D eigenvalue weighted by Crippen LogP contribution is -2.59. The number of piperazine rings is 1. The Hall–Kier alpha value is -10.1. The Morgan fingerprint density at radius 3 is 1.64 bits per heavy atom. The molecule has 1 aliphatic rings. The van der Waals surface area contributed by atoms with Crippen molar-refractivity contribution in [3.8, 4) is 11.4 Å². The fourth-order valence-corrected chi connectivity index (χ4v) is 7.48. The number of nitrogen functional groups attached to an aromatic ring is 3. The standard InChI is InChI=1S/C21H25N7.C20H26N4O.C18H25N5O5/c1-16(11-25-17(2)26-12-18-6-8-20(22)9-7-18)24-13-19-4-3-5-21(10-19)28-15-23-14-27-28;1-15(22-14-18-5-4-6-20(11-18)25-3)12-23-16(2)24-13-17-7-9-19(21)10-8-17;1-2-28-16(25)9-14-17(26)20-7-8-23(14)15(24)11-22-18(27)21-10-12-3-5-13(19)6-4-12/h3-10,14-15,24-26H,1-2,11-13,22H2;4-11,22-24H,1-2,12-14,21H2,3H3;3-6,14H,2,7-11,19H2,1H3,(H,20,26)(H2,21,22,27). The molecule has 0 radical (unpaired) electrons. The Morgan fingerprint density at radius 1 is 0.630 bits per heavy atom. The molecule has 4 amide bonds. The number of nitrogens with one attached hydrogen (secondary N) is 9. The molecule has 1 fully saturated rings. The number of aromatic nitrogens is 3. The third kappa shape index (κ3) is 23.2. The quantitative estimate of drug-likeness (QED) is 0.0252. The molecular weight excluding hydrogens is 1030 g/mol. The van der Waals surface area contributed by atoms with Crippen LogP contribution < -0.4 is 69.8 Å². The molecule has 0 aliphatic carbocycles. The normalized spacial score (nSPS) is 12.2. The molecule has 0 bridgehead atoms. The minimum Gasteiger partial charge on any atom is -0.497 e. The van der Waals surface area contributed by atoms with Crippen molar-refractivity contribution >= 4 is 40.9 Å². The summed E-state index contributed by atoms with van der Waals surface area (Å²) in [5, 5.41) is 31.4.